The molecule has 4 heteroatoms. The lowest BCUT2D eigenvalue weighted by atomic mass is 9.98. The maximum atomic E-state index is 12.4. The highest BCUT2D eigenvalue weighted by Crippen LogP contribution is 2.21. The van der Waals surface area contributed by atoms with Crippen LogP contribution < -0.4 is 5.32 Å². The van der Waals surface area contributed by atoms with Crippen LogP contribution in [0.15, 0.2) is 28.7 Å². The molecule has 1 atom stereocenters. The van der Waals surface area contributed by atoms with E-state index in [1.54, 1.807) is 0 Å². The highest BCUT2D eigenvalue weighted by Gasteiger charge is 2.37. The molecule has 0 aromatic heterocycles. The minimum absolute atomic E-state index is 0.183. The van der Waals surface area contributed by atoms with Crippen LogP contribution in [0.2, 0.25) is 0 Å². The molecular weight excluding hydrogens is 292 g/mol. The van der Waals surface area contributed by atoms with Gasteiger partial charge in [0.05, 0.1) is 5.54 Å². The van der Waals surface area contributed by atoms with E-state index in [0.717, 1.165) is 29.4 Å². The molecule has 18 heavy (non-hydrogen) atoms. The van der Waals surface area contributed by atoms with Gasteiger partial charge in [-0.15, -0.1) is 0 Å². The van der Waals surface area contributed by atoms with Gasteiger partial charge in [-0.2, -0.15) is 0 Å². The molecule has 0 aliphatic carbocycles. The third-order valence-corrected chi connectivity index (χ3v) is 4.05. The monoisotopic (exact) mass is 310 g/mol. The van der Waals surface area contributed by atoms with E-state index in [4.69, 9.17) is 0 Å². The second-order valence-corrected chi connectivity index (χ2v) is 6.07. The maximum Gasteiger partial charge on any atom is 0.242 e. The van der Waals surface area contributed by atoms with Gasteiger partial charge in [-0.05, 0) is 44.0 Å². The van der Waals surface area contributed by atoms with E-state index in [9.17, 15) is 4.79 Å². The molecule has 1 aromatic rings. The number of hydrogen-bond acceptors (Lipinski definition) is 2. The molecule has 1 amide bonds. The second-order valence-electron chi connectivity index (χ2n) is 5.15. The van der Waals surface area contributed by atoms with Crippen LogP contribution in [-0.2, 0) is 11.3 Å². The van der Waals surface area contributed by atoms with Crippen LogP contribution in [0.25, 0.3) is 0 Å². The summed E-state index contributed by atoms with van der Waals surface area (Å²) in [6, 6.07) is 8.09. The molecule has 0 radical (unpaired) electrons. The molecule has 2 rings (SSSR count). The molecule has 1 aliphatic rings. The van der Waals surface area contributed by atoms with Crippen molar-refractivity contribution >= 4 is 21.8 Å². The summed E-state index contributed by atoms with van der Waals surface area (Å²) in [7, 11) is 1.87. The summed E-state index contributed by atoms with van der Waals surface area (Å²) in [6.45, 7) is 3.60. The standard InChI is InChI=1S/C14H19BrN2O/c1-14(8-3-9-16-14)13(18)17(2)10-11-4-6-12(15)7-5-11/h4-7,16H,3,8-10H2,1-2H3. The second kappa shape index (κ2) is 5.41. The van der Waals surface area contributed by atoms with Crippen molar-refractivity contribution in [1.82, 2.24) is 10.2 Å². The average molecular weight is 311 g/mol. The lowest BCUT2D eigenvalue weighted by Crippen LogP contribution is -2.51. The first-order valence-electron chi connectivity index (χ1n) is 6.26. The number of halogens is 1. The van der Waals surface area contributed by atoms with E-state index < -0.39 is 0 Å². The van der Waals surface area contributed by atoms with Crippen molar-refractivity contribution in [3.63, 3.8) is 0 Å². The Morgan fingerprint density at radius 3 is 2.67 bits per heavy atom. The number of carbonyl (C=O) groups excluding carboxylic acids is 1. The molecule has 3 nitrogen and oxygen atoms in total. The fraction of sp³-hybridized carbons (Fsp3) is 0.500. The molecule has 0 saturated carbocycles. The van der Waals surface area contributed by atoms with E-state index >= 15 is 0 Å². The first-order valence-corrected chi connectivity index (χ1v) is 7.06. The van der Waals surface area contributed by atoms with Crippen LogP contribution in [0.3, 0.4) is 0 Å². The Morgan fingerprint density at radius 2 is 2.11 bits per heavy atom. The average Bonchev–Trinajstić information content (AvgIpc) is 2.79. The number of carbonyl (C=O) groups is 1. The number of amides is 1. The molecule has 0 bridgehead atoms. The first-order chi connectivity index (χ1) is 8.51. The lowest BCUT2D eigenvalue weighted by Gasteiger charge is -2.29. The molecule has 98 valence electrons. The summed E-state index contributed by atoms with van der Waals surface area (Å²) < 4.78 is 1.06. The van der Waals surface area contributed by atoms with Crippen molar-refractivity contribution in [3.8, 4) is 0 Å². The molecule has 0 spiro atoms. The van der Waals surface area contributed by atoms with Crippen molar-refractivity contribution in [2.45, 2.75) is 31.8 Å². The number of rotatable bonds is 3. The van der Waals surface area contributed by atoms with Crippen molar-refractivity contribution in [2.24, 2.45) is 0 Å². The van der Waals surface area contributed by atoms with Gasteiger partial charge >= 0.3 is 0 Å². The zero-order valence-electron chi connectivity index (χ0n) is 10.9. The van der Waals surface area contributed by atoms with Gasteiger partial charge in [0.1, 0.15) is 0 Å². The summed E-state index contributed by atoms with van der Waals surface area (Å²) in [5.41, 5.74) is 0.778. The van der Waals surface area contributed by atoms with E-state index in [2.05, 4.69) is 21.2 Å². The van der Waals surface area contributed by atoms with Gasteiger partial charge in [-0.1, -0.05) is 28.1 Å². The van der Waals surface area contributed by atoms with E-state index in [1.165, 1.54) is 0 Å². The van der Waals surface area contributed by atoms with Crippen molar-refractivity contribution in [1.29, 1.82) is 0 Å². The van der Waals surface area contributed by atoms with Gasteiger partial charge in [-0.3, -0.25) is 4.79 Å². The fourth-order valence-corrected chi connectivity index (χ4v) is 2.70. The summed E-state index contributed by atoms with van der Waals surface area (Å²) in [6.07, 6.45) is 2.00. The number of benzene rings is 1. The Balaban J connectivity index is 2.01. The molecule has 1 fully saturated rings. The third-order valence-electron chi connectivity index (χ3n) is 3.52. The minimum atomic E-state index is -0.371. The van der Waals surface area contributed by atoms with Gasteiger partial charge < -0.3 is 10.2 Å². The zero-order valence-corrected chi connectivity index (χ0v) is 12.5. The SMILES string of the molecule is CN(Cc1ccc(Br)cc1)C(=O)C1(C)CCCN1. The van der Waals surface area contributed by atoms with Crippen LogP contribution in [0.1, 0.15) is 25.3 Å². The van der Waals surface area contributed by atoms with Crippen molar-refractivity contribution in [2.75, 3.05) is 13.6 Å². The van der Waals surface area contributed by atoms with Crippen LogP contribution in [0.5, 0.6) is 0 Å². The summed E-state index contributed by atoms with van der Waals surface area (Å²) in [5, 5.41) is 3.31. The number of nitrogens with zero attached hydrogens (tertiary/aromatic N) is 1. The molecule has 1 heterocycles. The Bertz CT molecular complexity index is 424. The van der Waals surface area contributed by atoms with Crippen molar-refractivity contribution in [3.05, 3.63) is 34.3 Å². The van der Waals surface area contributed by atoms with Crippen LogP contribution in [-0.4, -0.2) is 29.9 Å². The normalized spacial score (nSPS) is 23.1. The molecule has 1 aromatic carbocycles. The summed E-state index contributed by atoms with van der Waals surface area (Å²) >= 11 is 3.41. The van der Waals surface area contributed by atoms with Gasteiger partial charge in [0.25, 0.3) is 0 Å². The van der Waals surface area contributed by atoms with Crippen LogP contribution in [0, 0.1) is 0 Å². The first kappa shape index (κ1) is 13.6. The predicted molar refractivity (Wildman–Crippen MR) is 76.3 cm³/mol. The molecular formula is C14H19BrN2O. The Kier molecular flexibility index (Phi) is 4.07. The van der Waals surface area contributed by atoms with Crippen LogP contribution in [0.4, 0.5) is 0 Å². The minimum Gasteiger partial charge on any atom is -0.340 e. The summed E-state index contributed by atoms with van der Waals surface area (Å²) in [5.74, 6) is 0.183. The molecule has 1 saturated heterocycles. The van der Waals surface area contributed by atoms with E-state index in [-0.39, 0.29) is 11.4 Å². The molecule has 1 unspecified atom stereocenters. The summed E-state index contributed by atoms with van der Waals surface area (Å²) in [4.78, 5) is 14.2. The highest BCUT2D eigenvalue weighted by atomic mass is 79.9. The highest BCUT2D eigenvalue weighted by molar-refractivity contribution is 9.10. The van der Waals surface area contributed by atoms with E-state index in [1.807, 2.05) is 43.1 Å². The Morgan fingerprint density at radius 1 is 1.44 bits per heavy atom. The Hall–Kier alpha value is -0.870. The largest absolute Gasteiger partial charge is 0.340 e. The van der Waals surface area contributed by atoms with Gasteiger partial charge in [0.2, 0.25) is 5.91 Å². The fourth-order valence-electron chi connectivity index (χ4n) is 2.43. The van der Waals surface area contributed by atoms with Gasteiger partial charge in [-0.25, -0.2) is 0 Å². The van der Waals surface area contributed by atoms with E-state index in [0.29, 0.717) is 6.54 Å². The van der Waals surface area contributed by atoms with Gasteiger partial charge in [0.15, 0.2) is 0 Å². The quantitative estimate of drug-likeness (QED) is 0.930. The smallest absolute Gasteiger partial charge is 0.242 e. The number of nitrogens with one attached hydrogen (secondary N) is 1. The van der Waals surface area contributed by atoms with Crippen molar-refractivity contribution < 1.29 is 4.79 Å². The third kappa shape index (κ3) is 2.93. The van der Waals surface area contributed by atoms with Crippen LogP contribution >= 0.6 is 15.9 Å². The number of likely N-dealkylation sites (N-methyl/N-ethyl adjacent to an activating group) is 1. The lowest BCUT2D eigenvalue weighted by molar-refractivity contribution is -0.136. The Labute approximate surface area is 117 Å². The maximum absolute atomic E-state index is 12.4. The topological polar surface area (TPSA) is 32.3 Å². The van der Waals surface area contributed by atoms with Gasteiger partial charge in [0, 0.05) is 18.1 Å². The predicted octanol–water partition coefficient (Wildman–Crippen LogP) is 2.55. The zero-order chi connectivity index (χ0) is 13.2. The molecule has 1 N–H and O–H groups in total. The number of hydrogen-bond donors (Lipinski definition) is 1. The molecule has 1 aliphatic heterocycles.